The molecule has 0 radical (unpaired) electrons. The summed E-state index contributed by atoms with van der Waals surface area (Å²) >= 11 is 6.40. The van der Waals surface area contributed by atoms with Gasteiger partial charge in [-0.1, -0.05) is 11.6 Å². The van der Waals surface area contributed by atoms with Crippen molar-refractivity contribution in [3.8, 4) is 0 Å². The number of anilines is 1. The molecular weight excluding hydrogens is 385 g/mol. The Morgan fingerprint density at radius 2 is 1.89 bits per heavy atom. The fraction of sp³-hybridized carbons (Fsp3) is 0.500. The van der Waals surface area contributed by atoms with Gasteiger partial charge < -0.3 is 14.6 Å². The molecule has 2 aromatic rings. The van der Waals surface area contributed by atoms with Gasteiger partial charge in [0.2, 0.25) is 5.43 Å². The van der Waals surface area contributed by atoms with Crippen molar-refractivity contribution in [3.05, 3.63) is 38.9 Å². The monoisotopic (exact) mass is 407 g/mol. The Balaban J connectivity index is 1.86. The summed E-state index contributed by atoms with van der Waals surface area (Å²) in [4.78, 5) is 28.4. The van der Waals surface area contributed by atoms with Crippen LogP contribution in [0, 0.1) is 5.82 Å². The van der Waals surface area contributed by atoms with Crippen LogP contribution in [0.25, 0.3) is 10.9 Å². The summed E-state index contributed by atoms with van der Waals surface area (Å²) in [5, 5.41) is 9.54. The quantitative estimate of drug-likeness (QED) is 0.841. The molecule has 1 aliphatic carbocycles. The Morgan fingerprint density at radius 3 is 2.43 bits per heavy atom. The molecule has 6 nitrogen and oxygen atoms in total. The molecule has 4 rings (SSSR count). The highest BCUT2D eigenvalue weighted by Gasteiger charge is 2.31. The molecule has 0 amide bonds. The van der Waals surface area contributed by atoms with Crippen molar-refractivity contribution in [3.63, 3.8) is 0 Å². The van der Waals surface area contributed by atoms with Crippen LogP contribution in [-0.2, 0) is 0 Å². The highest BCUT2D eigenvalue weighted by Crippen LogP contribution is 2.41. The summed E-state index contributed by atoms with van der Waals surface area (Å²) in [7, 11) is 0. The summed E-state index contributed by atoms with van der Waals surface area (Å²) in [5.74, 6) is -1.85. The minimum Gasteiger partial charge on any atom is -0.477 e. The zero-order chi connectivity index (χ0) is 20.2. The number of nitrogens with zero attached hydrogens (tertiary/aromatic N) is 3. The Morgan fingerprint density at radius 1 is 1.25 bits per heavy atom. The number of carbonyl (C=O) groups is 1. The number of hydrogen-bond acceptors (Lipinski definition) is 4. The van der Waals surface area contributed by atoms with E-state index in [4.69, 9.17) is 11.6 Å². The molecule has 1 N–H and O–H groups in total. The van der Waals surface area contributed by atoms with E-state index in [0.29, 0.717) is 24.8 Å². The number of benzene rings is 1. The molecular formula is C20H23ClFN3O3. The summed E-state index contributed by atoms with van der Waals surface area (Å²) in [6.07, 6.45) is 2.95. The Bertz CT molecular complexity index is 1010. The van der Waals surface area contributed by atoms with Crippen molar-refractivity contribution < 1.29 is 14.3 Å². The number of halogens is 2. The van der Waals surface area contributed by atoms with E-state index in [2.05, 4.69) is 18.7 Å². The van der Waals surface area contributed by atoms with E-state index in [0.717, 1.165) is 25.9 Å². The van der Waals surface area contributed by atoms with E-state index in [-0.39, 0.29) is 27.5 Å². The summed E-state index contributed by atoms with van der Waals surface area (Å²) in [6.45, 7) is 7.15. The maximum absolute atomic E-state index is 15.7. The van der Waals surface area contributed by atoms with Crippen molar-refractivity contribution in [1.29, 1.82) is 0 Å². The van der Waals surface area contributed by atoms with E-state index >= 15 is 4.39 Å². The number of carboxylic acids is 1. The molecule has 2 heterocycles. The van der Waals surface area contributed by atoms with Gasteiger partial charge >= 0.3 is 5.97 Å². The lowest BCUT2D eigenvalue weighted by Crippen LogP contribution is -2.49. The minimum atomic E-state index is -1.31. The van der Waals surface area contributed by atoms with Gasteiger partial charge in [0.25, 0.3) is 0 Å². The van der Waals surface area contributed by atoms with Crippen molar-refractivity contribution in [2.75, 3.05) is 31.1 Å². The lowest BCUT2D eigenvalue weighted by Gasteiger charge is -2.38. The molecule has 0 spiro atoms. The number of pyridine rings is 1. The molecule has 1 aliphatic heterocycles. The Kier molecular flexibility index (Phi) is 4.83. The molecule has 1 saturated heterocycles. The number of fused-ring (bicyclic) bond motifs is 1. The van der Waals surface area contributed by atoms with E-state index in [1.807, 2.05) is 4.90 Å². The van der Waals surface area contributed by atoms with Crippen molar-refractivity contribution in [2.24, 2.45) is 0 Å². The molecule has 28 heavy (non-hydrogen) atoms. The number of aromatic carboxylic acids is 1. The Hall–Kier alpha value is -2.12. The molecule has 0 unspecified atom stereocenters. The highest BCUT2D eigenvalue weighted by molar-refractivity contribution is 6.34. The molecule has 2 aliphatic rings. The van der Waals surface area contributed by atoms with Gasteiger partial charge in [-0.2, -0.15) is 0 Å². The van der Waals surface area contributed by atoms with Crippen molar-refractivity contribution in [1.82, 2.24) is 9.47 Å². The van der Waals surface area contributed by atoms with Gasteiger partial charge in [0.05, 0.1) is 21.6 Å². The molecule has 0 atom stereocenters. The maximum atomic E-state index is 15.7. The second-order valence-electron chi connectivity index (χ2n) is 7.85. The van der Waals surface area contributed by atoms with Crippen LogP contribution in [0.2, 0.25) is 5.02 Å². The van der Waals surface area contributed by atoms with Crippen LogP contribution >= 0.6 is 11.6 Å². The zero-order valence-corrected chi connectivity index (χ0v) is 16.7. The summed E-state index contributed by atoms with van der Waals surface area (Å²) < 4.78 is 17.3. The molecule has 2 fully saturated rings. The second-order valence-corrected chi connectivity index (χ2v) is 8.26. The van der Waals surface area contributed by atoms with Crippen LogP contribution in [0.5, 0.6) is 0 Å². The van der Waals surface area contributed by atoms with Crippen LogP contribution in [0.15, 0.2) is 17.1 Å². The minimum absolute atomic E-state index is 0.0162. The van der Waals surface area contributed by atoms with Gasteiger partial charge in [0, 0.05) is 44.5 Å². The first kappa shape index (κ1) is 19.2. The standard InChI is InChI=1S/C20H23ClFN3O3/c1-11(2)23-5-7-24(8-6-23)18-15(21)9-13-17(16(18)22)25(12-3-4-12)10-14(19(13)26)20(27)28/h9-12H,3-8H2,1-2H3,(H,27,28). The Labute approximate surface area is 167 Å². The first-order chi connectivity index (χ1) is 13.3. The summed E-state index contributed by atoms with van der Waals surface area (Å²) in [6, 6.07) is 1.87. The maximum Gasteiger partial charge on any atom is 0.341 e. The molecule has 1 aromatic carbocycles. The van der Waals surface area contributed by atoms with E-state index in [1.54, 1.807) is 4.57 Å². The average molecular weight is 408 g/mol. The highest BCUT2D eigenvalue weighted by atomic mass is 35.5. The van der Waals surface area contributed by atoms with Gasteiger partial charge in [-0.3, -0.25) is 9.69 Å². The fourth-order valence-electron chi connectivity index (χ4n) is 3.98. The lowest BCUT2D eigenvalue weighted by atomic mass is 10.1. The predicted octanol–water partition coefficient (Wildman–Crippen LogP) is 3.36. The van der Waals surface area contributed by atoms with Crippen molar-refractivity contribution in [2.45, 2.75) is 38.8 Å². The predicted molar refractivity (Wildman–Crippen MR) is 107 cm³/mol. The normalized spacial score (nSPS) is 18.2. The number of carboxylic acid groups (broad SMARTS) is 1. The third-order valence-corrected chi connectivity index (χ3v) is 6.00. The van der Waals surface area contributed by atoms with Gasteiger partial charge in [-0.05, 0) is 32.8 Å². The smallest absolute Gasteiger partial charge is 0.341 e. The third kappa shape index (κ3) is 3.16. The van der Waals surface area contributed by atoms with Gasteiger partial charge in [-0.15, -0.1) is 0 Å². The van der Waals surface area contributed by atoms with Gasteiger partial charge in [0.1, 0.15) is 5.56 Å². The number of aromatic nitrogens is 1. The van der Waals surface area contributed by atoms with Crippen LogP contribution in [-0.4, -0.2) is 52.8 Å². The van der Waals surface area contributed by atoms with E-state index < -0.39 is 17.2 Å². The van der Waals surface area contributed by atoms with Crippen LogP contribution in [0.3, 0.4) is 0 Å². The molecule has 1 aromatic heterocycles. The number of piperazine rings is 1. The third-order valence-electron chi connectivity index (χ3n) is 5.72. The molecule has 150 valence electrons. The molecule has 0 bridgehead atoms. The van der Waals surface area contributed by atoms with E-state index in [9.17, 15) is 14.7 Å². The SMILES string of the molecule is CC(C)N1CCN(c2c(Cl)cc3c(=O)c(C(=O)O)cn(C4CC4)c3c2F)CC1. The van der Waals surface area contributed by atoms with Crippen LogP contribution in [0.4, 0.5) is 10.1 Å². The van der Waals surface area contributed by atoms with Crippen LogP contribution in [0.1, 0.15) is 43.1 Å². The number of rotatable bonds is 4. The van der Waals surface area contributed by atoms with Gasteiger partial charge in [-0.25, -0.2) is 9.18 Å². The average Bonchev–Trinajstić information content (AvgIpc) is 3.47. The molecule has 8 heteroatoms. The summed E-state index contributed by atoms with van der Waals surface area (Å²) in [5.41, 5.74) is -0.595. The lowest BCUT2D eigenvalue weighted by molar-refractivity contribution is 0.0695. The van der Waals surface area contributed by atoms with Crippen molar-refractivity contribution >= 4 is 34.2 Å². The van der Waals surface area contributed by atoms with E-state index in [1.165, 1.54) is 12.3 Å². The molecule has 1 saturated carbocycles. The fourth-order valence-corrected chi connectivity index (χ4v) is 4.29. The van der Waals surface area contributed by atoms with Crippen LogP contribution < -0.4 is 10.3 Å². The first-order valence-corrected chi connectivity index (χ1v) is 9.96. The first-order valence-electron chi connectivity index (χ1n) is 9.58. The number of hydrogen-bond donors (Lipinski definition) is 1. The second kappa shape index (κ2) is 7.04. The topological polar surface area (TPSA) is 65.8 Å². The van der Waals surface area contributed by atoms with Gasteiger partial charge in [0.15, 0.2) is 5.82 Å². The largest absolute Gasteiger partial charge is 0.477 e. The zero-order valence-electron chi connectivity index (χ0n) is 15.9.